The van der Waals surface area contributed by atoms with Crippen molar-refractivity contribution in [2.75, 3.05) is 62.6 Å². The summed E-state index contributed by atoms with van der Waals surface area (Å²) in [6, 6.07) is 5.24. The first-order valence-corrected chi connectivity index (χ1v) is 13.4. The quantitative estimate of drug-likeness (QED) is 0.359. The molecule has 1 saturated carbocycles. The topological polar surface area (TPSA) is 121 Å². The molecule has 1 aromatic heterocycles. The van der Waals surface area contributed by atoms with Crippen molar-refractivity contribution < 1.29 is 19.1 Å². The Hall–Kier alpha value is -3.44. The fraction of sp³-hybridized carbons (Fsp3) is 0.556. The number of hydrogen-bond acceptors (Lipinski definition) is 9. The van der Waals surface area contributed by atoms with E-state index in [-0.39, 0.29) is 17.9 Å². The molecule has 2 amide bonds. The Morgan fingerprint density at radius 3 is 2.66 bits per heavy atom. The maximum absolute atomic E-state index is 13.1. The number of anilines is 4. The maximum Gasteiger partial charge on any atom is 0.251 e. The van der Waals surface area contributed by atoms with E-state index in [0.717, 1.165) is 38.0 Å². The van der Waals surface area contributed by atoms with Gasteiger partial charge in [-0.05, 0) is 44.5 Å². The molecular formula is C27H39N7O4. The lowest BCUT2D eigenvalue weighted by molar-refractivity contribution is -0.120. The Morgan fingerprint density at radius 2 is 1.95 bits per heavy atom. The van der Waals surface area contributed by atoms with Crippen LogP contribution in [0.4, 0.5) is 23.1 Å². The minimum absolute atomic E-state index is 0.0799. The molecule has 1 fully saturated rings. The van der Waals surface area contributed by atoms with Crippen LogP contribution in [0.25, 0.3) is 0 Å². The number of fused-ring (bicyclic) bond motifs is 1. The molecule has 2 heterocycles. The summed E-state index contributed by atoms with van der Waals surface area (Å²) in [6.07, 6.45) is 6.84. The first-order chi connectivity index (χ1) is 18.5. The number of carbonyl (C=O) groups excluding carboxylic acids is 2. The summed E-state index contributed by atoms with van der Waals surface area (Å²) >= 11 is 0. The van der Waals surface area contributed by atoms with Gasteiger partial charge >= 0.3 is 0 Å². The van der Waals surface area contributed by atoms with Crippen molar-refractivity contribution in [3.63, 3.8) is 0 Å². The Bertz CT molecular complexity index is 1120. The SMILES string of the molecule is CC[C@@H]1C(=O)N(C)c2cnc(Nc3ccc(C(=O)NCCOCCNC)cc3OC)nc2N1C1CCCC1. The molecule has 4 rings (SSSR count). The van der Waals surface area contributed by atoms with E-state index in [1.54, 1.807) is 43.5 Å². The van der Waals surface area contributed by atoms with Crippen LogP contribution >= 0.6 is 0 Å². The normalized spacial score (nSPS) is 17.5. The molecule has 1 atom stereocenters. The summed E-state index contributed by atoms with van der Waals surface area (Å²) in [5.74, 6) is 1.54. The fourth-order valence-corrected chi connectivity index (χ4v) is 5.11. The number of likely N-dealkylation sites (N-methyl/N-ethyl adjacent to an activating group) is 2. The molecule has 206 valence electrons. The summed E-state index contributed by atoms with van der Waals surface area (Å²) < 4.78 is 11.0. The number of nitrogens with one attached hydrogen (secondary N) is 3. The van der Waals surface area contributed by atoms with Gasteiger partial charge in [0.25, 0.3) is 5.91 Å². The third kappa shape index (κ3) is 5.99. The molecule has 0 radical (unpaired) electrons. The molecule has 0 spiro atoms. The van der Waals surface area contributed by atoms with Crippen molar-refractivity contribution in [1.82, 2.24) is 20.6 Å². The molecule has 11 nitrogen and oxygen atoms in total. The van der Waals surface area contributed by atoms with Gasteiger partial charge in [0.2, 0.25) is 11.9 Å². The second-order valence-corrected chi connectivity index (χ2v) is 9.58. The largest absolute Gasteiger partial charge is 0.495 e. The number of amides is 2. The first-order valence-electron chi connectivity index (χ1n) is 13.4. The lowest BCUT2D eigenvalue weighted by atomic mass is 10.0. The van der Waals surface area contributed by atoms with Crippen LogP contribution in [0.15, 0.2) is 24.4 Å². The smallest absolute Gasteiger partial charge is 0.251 e. The molecule has 0 saturated heterocycles. The van der Waals surface area contributed by atoms with Crippen LogP contribution in [0.3, 0.4) is 0 Å². The second kappa shape index (κ2) is 12.9. The molecular weight excluding hydrogens is 486 g/mol. The monoisotopic (exact) mass is 525 g/mol. The van der Waals surface area contributed by atoms with Gasteiger partial charge in [-0.25, -0.2) is 4.98 Å². The van der Waals surface area contributed by atoms with Crippen molar-refractivity contribution in [2.24, 2.45) is 0 Å². The molecule has 38 heavy (non-hydrogen) atoms. The van der Waals surface area contributed by atoms with Crippen molar-refractivity contribution in [3.8, 4) is 5.75 Å². The highest BCUT2D eigenvalue weighted by molar-refractivity contribution is 6.04. The van der Waals surface area contributed by atoms with Crippen LogP contribution in [0.5, 0.6) is 5.75 Å². The van der Waals surface area contributed by atoms with Crippen LogP contribution in [-0.4, -0.2) is 81.4 Å². The van der Waals surface area contributed by atoms with Crippen LogP contribution in [-0.2, 0) is 9.53 Å². The minimum atomic E-state index is -0.237. The lowest BCUT2D eigenvalue weighted by Crippen LogP contribution is -2.55. The van der Waals surface area contributed by atoms with Gasteiger partial charge in [-0.1, -0.05) is 19.8 Å². The van der Waals surface area contributed by atoms with E-state index in [1.165, 1.54) is 0 Å². The number of benzene rings is 1. The molecule has 1 aliphatic carbocycles. The highest BCUT2D eigenvalue weighted by atomic mass is 16.5. The van der Waals surface area contributed by atoms with Gasteiger partial charge in [0.05, 0.1) is 32.2 Å². The van der Waals surface area contributed by atoms with Gasteiger partial charge in [0, 0.05) is 31.7 Å². The van der Waals surface area contributed by atoms with Crippen LogP contribution in [0, 0.1) is 0 Å². The Morgan fingerprint density at radius 1 is 1.18 bits per heavy atom. The van der Waals surface area contributed by atoms with Crippen molar-refractivity contribution >= 4 is 35.0 Å². The molecule has 3 N–H and O–H groups in total. The minimum Gasteiger partial charge on any atom is -0.495 e. The number of rotatable bonds is 12. The average Bonchev–Trinajstić information content (AvgIpc) is 3.47. The zero-order chi connectivity index (χ0) is 27.1. The molecule has 2 aliphatic rings. The van der Waals surface area contributed by atoms with Crippen molar-refractivity contribution in [2.45, 2.75) is 51.1 Å². The van der Waals surface area contributed by atoms with E-state index >= 15 is 0 Å². The van der Waals surface area contributed by atoms with Crippen molar-refractivity contribution in [1.29, 1.82) is 0 Å². The van der Waals surface area contributed by atoms with E-state index in [4.69, 9.17) is 14.5 Å². The highest BCUT2D eigenvalue weighted by Gasteiger charge is 2.41. The lowest BCUT2D eigenvalue weighted by Gasteiger charge is -2.43. The average molecular weight is 526 g/mol. The number of aromatic nitrogens is 2. The first kappa shape index (κ1) is 27.6. The zero-order valence-electron chi connectivity index (χ0n) is 22.7. The summed E-state index contributed by atoms with van der Waals surface area (Å²) in [7, 11) is 5.20. The Labute approximate surface area is 224 Å². The van der Waals surface area contributed by atoms with Gasteiger partial charge in [-0.15, -0.1) is 0 Å². The van der Waals surface area contributed by atoms with E-state index in [0.29, 0.717) is 60.9 Å². The standard InChI is InChI=1S/C27H39N7O4/c1-5-21-26(36)33(3)22-17-30-27(32-24(22)34(21)19-8-6-7-9-19)31-20-11-10-18(16-23(20)37-4)25(35)29-13-15-38-14-12-28-2/h10-11,16-17,19,21,28H,5-9,12-15H2,1-4H3,(H,29,35)(H,30,31,32)/t21-/m1/s1. The number of hydrogen-bond donors (Lipinski definition) is 3. The second-order valence-electron chi connectivity index (χ2n) is 9.58. The van der Waals surface area contributed by atoms with Gasteiger partial charge < -0.3 is 35.2 Å². The Kier molecular flexibility index (Phi) is 9.35. The summed E-state index contributed by atoms with van der Waals surface area (Å²) in [6.45, 7) is 4.26. The van der Waals surface area contributed by atoms with Crippen LogP contribution in [0.2, 0.25) is 0 Å². The third-order valence-electron chi connectivity index (χ3n) is 7.15. The third-order valence-corrected chi connectivity index (χ3v) is 7.15. The van der Waals surface area contributed by atoms with E-state index < -0.39 is 0 Å². The fourth-order valence-electron chi connectivity index (χ4n) is 5.11. The highest BCUT2D eigenvalue weighted by Crippen LogP contribution is 2.40. The number of methoxy groups -OCH3 is 1. The predicted octanol–water partition coefficient (Wildman–Crippen LogP) is 2.70. The Balaban J connectivity index is 1.51. The molecule has 0 bridgehead atoms. The van der Waals surface area contributed by atoms with Crippen LogP contribution < -0.4 is 30.5 Å². The van der Waals surface area contributed by atoms with Gasteiger partial charge in [0.15, 0.2) is 5.82 Å². The maximum atomic E-state index is 13.1. The summed E-state index contributed by atoms with van der Waals surface area (Å²) in [5, 5.41) is 9.11. The number of ether oxygens (including phenoxy) is 2. The number of nitrogens with zero attached hydrogens (tertiary/aromatic N) is 4. The van der Waals surface area contributed by atoms with E-state index in [9.17, 15) is 9.59 Å². The van der Waals surface area contributed by atoms with Crippen molar-refractivity contribution in [3.05, 3.63) is 30.0 Å². The van der Waals surface area contributed by atoms with Gasteiger partial charge in [-0.2, -0.15) is 4.98 Å². The molecule has 1 aliphatic heterocycles. The summed E-state index contributed by atoms with van der Waals surface area (Å²) in [5.41, 5.74) is 1.83. The zero-order valence-corrected chi connectivity index (χ0v) is 22.7. The predicted molar refractivity (Wildman–Crippen MR) is 148 cm³/mol. The molecule has 2 aromatic rings. The molecule has 0 unspecified atom stereocenters. The van der Waals surface area contributed by atoms with E-state index in [1.807, 2.05) is 14.0 Å². The van der Waals surface area contributed by atoms with E-state index in [2.05, 4.69) is 25.8 Å². The molecule has 1 aromatic carbocycles. The molecule has 11 heteroatoms. The summed E-state index contributed by atoms with van der Waals surface area (Å²) in [4.78, 5) is 39.0. The van der Waals surface area contributed by atoms with Crippen LogP contribution in [0.1, 0.15) is 49.4 Å². The van der Waals surface area contributed by atoms with Gasteiger partial charge in [0.1, 0.15) is 17.5 Å². The van der Waals surface area contributed by atoms with Gasteiger partial charge in [-0.3, -0.25) is 9.59 Å². The number of carbonyl (C=O) groups is 2.